The molecule has 4 heterocycles. The number of ether oxygens (including phenoxy) is 1. The zero-order valence-corrected chi connectivity index (χ0v) is 29.1. The van der Waals surface area contributed by atoms with Gasteiger partial charge in [-0.2, -0.15) is 5.10 Å². The highest BCUT2D eigenvalue weighted by molar-refractivity contribution is 6.12. The molecule has 50 heavy (non-hydrogen) atoms. The molecule has 0 saturated carbocycles. The number of benzene rings is 5. The fourth-order valence-corrected chi connectivity index (χ4v) is 7.93. The molecular formula is C44H37N5O. The Morgan fingerprint density at radius 3 is 1.94 bits per heavy atom. The first kappa shape index (κ1) is 30.0. The van der Waals surface area contributed by atoms with Gasteiger partial charge in [-0.1, -0.05) is 47.5 Å². The van der Waals surface area contributed by atoms with Crippen LogP contribution in [-0.2, 0) is 0 Å². The SMILES string of the molecule is Cc1cc(C)c2c(c1)c1cc(C)cc(C)c1n2-c1ccnc(-n2c3ccccc3c3ccc(Oc4cccc(-n5nc(C)cc5C)c4)cc32)c1. The molecule has 0 unspecified atom stereocenters. The average Bonchev–Trinajstić information content (AvgIpc) is 3.73. The molecule has 9 rings (SSSR count). The van der Waals surface area contributed by atoms with Crippen LogP contribution in [0.5, 0.6) is 11.5 Å². The molecule has 0 aliphatic heterocycles. The van der Waals surface area contributed by atoms with Crippen LogP contribution in [0.2, 0.25) is 0 Å². The van der Waals surface area contributed by atoms with Gasteiger partial charge < -0.3 is 9.30 Å². The van der Waals surface area contributed by atoms with Crippen LogP contribution >= 0.6 is 0 Å². The minimum absolute atomic E-state index is 0.750. The molecule has 0 amide bonds. The zero-order valence-electron chi connectivity index (χ0n) is 29.1. The van der Waals surface area contributed by atoms with Crippen molar-refractivity contribution >= 4 is 43.6 Å². The number of aromatic nitrogens is 5. The Labute approximate surface area is 290 Å². The maximum atomic E-state index is 6.53. The summed E-state index contributed by atoms with van der Waals surface area (Å²) in [5.74, 6) is 2.35. The molecule has 0 bridgehead atoms. The van der Waals surface area contributed by atoms with Crippen LogP contribution in [0.25, 0.3) is 60.8 Å². The quantitative estimate of drug-likeness (QED) is 0.186. The van der Waals surface area contributed by atoms with Gasteiger partial charge in [0.25, 0.3) is 0 Å². The van der Waals surface area contributed by atoms with Crippen LogP contribution in [0.4, 0.5) is 0 Å². The predicted molar refractivity (Wildman–Crippen MR) is 205 cm³/mol. The van der Waals surface area contributed by atoms with Crippen molar-refractivity contribution < 1.29 is 4.74 Å². The first-order valence-electron chi connectivity index (χ1n) is 17.1. The fourth-order valence-electron chi connectivity index (χ4n) is 7.93. The molecule has 0 fully saturated rings. The van der Waals surface area contributed by atoms with E-state index in [4.69, 9.17) is 9.72 Å². The molecule has 6 nitrogen and oxygen atoms in total. The molecule has 0 atom stereocenters. The van der Waals surface area contributed by atoms with Gasteiger partial charge in [-0.3, -0.25) is 4.57 Å². The molecule has 4 aromatic heterocycles. The van der Waals surface area contributed by atoms with Crippen molar-refractivity contribution in [1.82, 2.24) is 23.9 Å². The third-order valence-electron chi connectivity index (χ3n) is 9.80. The molecular weight excluding hydrogens is 615 g/mol. The summed E-state index contributed by atoms with van der Waals surface area (Å²) in [4.78, 5) is 4.99. The third-order valence-corrected chi connectivity index (χ3v) is 9.80. The first-order valence-corrected chi connectivity index (χ1v) is 17.1. The lowest BCUT2D eigenvalue weighted by Gasteiger charge is -2.14. The molecule has 0 N–H and O–H groups in total. The average molecular weight is 652 g/mol. The van der Waals surface area contributed by atoms with Crippen molar-refractivity contribution in [3.8, 4) is 28.7 Å². The number of rotatable bonds is 5. The Morgan fingerprint density at radius 2 is 1.22 bits per heavy atom. The highest BCUT2D eigenvalue weighted by atomic mass is 16.5. The van der Waals surface area contributed by atoms with Gasteiger partial charge in [0.05, 0.1) is 39.1 Å². The van der Waals surface area contributed by atoms with E-state index in [0.717, 1.165) is 56.5 Å². The number of fused-ring (bicyclic) bond motifs is 6. The Morgan fingerprint density at radius 1 is 0.520 bits per heavy atom. The summed E-state index contributed by atoms with van der Waals surface area (Å²) in [6.45, 7) is 12.9. The number of hydrogen-bond acceptors (Lipinski definition) is 3. The van der Waals surface area contributed by atoms with E-state index in [9.17, 15) is 0 Å². The van der Waals surface area contributed by atoms with Gasteiger partial charge in [-0.25, -0.2) is 9.67 Å². The monoisotopic (exact) mass is 651 g/mol. The van der Waals surface area contributed by atoms with E-state index in [1.807, 2.05) is 42.1 Å². The van der Waals surface area contributed by atoms with E-state index >= 15 is 0 Å². The van der Waals surface area contributed by atoms with Crippen LogP contribution in [-0.4, -0.2) is 23.9 Å². The van der Waals surface area contributed by atoms with E-state index in [2.05, 4.69) is 134 Å². The summed E-state index contributed by atoms with van der Waals surface area (Å²) in [5, 5.41) is 9.54. The lowest BCUT2D eigenvalue weighted by atomic mass is 10.0. The van der Waals surface area contributed by atoms with Crippen molar-refractivity contribution in [1.29, 1.82) is 0 Å². The van der Waals surface area contributed by atoms with Gasteiger partial charge in [-0.05, 0) is 107 Å². The number of para-hydroxylation sites is 1. The predicted octanol–water partition coefficient (Wildman–Crippen LogP) is 11.1. The van der Waals surface area contributed by atoms with Crippen molar-refractivity contribution in [3.05, 3.63) is 149 Å². The van der Waals surface area contributed by atoms with Gasteiger partial charge >= 0.3 is 0 Å². The molecule has 0 aliphatic rings. The topological polar surface area (TPSA) is 49.8 Å². The van der Waals surface area contributed by atoms with E-state index < -0.39 is 0 Å². The molecule has 0 aliphatic carbocycles. The highest BCUT2D eigenvalue weighted by Gasteiger charge is 2.19. The summed E-state index contributed by atoms with van der Waals surface area (Å²) < 4.78 is 13.2. The maximum Gasteiger partial charge on any atom is 0.139 e. The van der Waals surface area contributed by atoms with Crippen LogP contribution in [0.3, 0.4) is 0 Å². The number of pyridine rings is 1. The maximum absolute atomic E-state index is 6.53. The van der Waals surface area contributed by atoms with Crippen LogP contribution in [0.15, 0.2) is 115 Å². The minimum Gasteiger partial charge on any atom is -0.457 e. The number of nitrogens with zero attached hydrogens (tertiary/aromatic N) is 5. The van der Waals surface area contributed by atoms with Gasteiger partial charge in [-0.15, -0.1) is 0 Å². The molecule has 9 aromatic rings. The fraction of sp³-hybridized carbons (Fsp3) is 0.136. The van der Waals surface area contributed by atoms with Gasteiger partial charge in [0.1, 0.15) is 17.3 Å². The van der Waals surface area contributed by atoms with E-state index in [0.29, 0.717) is 0 Å². The molecule has 0 spiro atoms. The Kier molecular flexibility index (Phi) is 6.71. The third kappa shape index (κ3) is 4.71. The molecule has 0 saturated heterocycles. The van der Waals surface area contributed by atoms with E-state index in [1.165, 1.54) is 49.4 Å². The van der Waals surface area contributed by atoms with Gasteiger partial charge in [0.15, 0.2) is 0 Å². The van der Waals surface area contributed by atoms with Gasteiger partial charge in [0, 0.05) is 51.6 Å². The second-order valence-electron chi connectivity index (χ2n) is 13.6. The van der Waals surface area contributed by atoms with Gasteiger partial charge in [0.2, 0.25) is 0 Å². The van der Waals surface area contributed by atoms with Crippen molar-refractivity contribution in [2.45, 2.75) is 41.5 Å². The first-order chi connectivity index (χ1) is 24.2. The van der Waals surface area contributed by atoms with E-state index in [1.54, 1.807) is 0 Å². The minimum atomic E-state index is 0.750. The summed E-state index contributed by atoms with van der Waals surface area (Å²) in [5.41, 5.74) is 13.7. The van der Waals surface area contributed by atoms with Crippen LogP contribution in [0.1, 0.15) is 33.6 Å². The summed E-state index contributed by atoms with van der Waals surface area (Å²) in [6, 6.07) is 38.6. The summed E-state index contributed by atoms with van der Waals surface area (Å²) >= 11 is 0. The highest BCUT2D eigenvalue weighted by Crippen LogP contribution is 2.39. The van der Waals surface area contributed by atoms with Crippen molar-refractivity contribution in [3.63, 3.8) is 0 Å². The Hall–Kier alpha value is -6.14. The molecule has 244 valence electrons. The Balaban J connectivity index is 1.22. The zero-order chi connectivity index (χ0) is 34.3. The lowest BCUT2D eigenvalue weighted by Crippen LogP contribution is -2.02. The summed E-state index contributed by atoms with van der Waals surface area (Å²) in [6.07, 6.45) is 1.93. The van der Waals surface area contributed by atoms with Crippen LogP contribution in [0, 0.1) is 41.5 Å². The number of hydrogen-bond donors (Lipinski definition) is 0. The molecule has 0 radical (unpaired) electrons. The van der Waals surface area contributed by atoms with E-state index in [-0.39, 0.29) is 0 Å². The lowest BCUT2D eigenvalue weighted by molar-refractivity contribution is 0.482. The van der Waals surface area contributed by atoms with Crippen molar-refractivity contribution in [2.75, 3.05) is 0 Å². The largest absolute Gasteiger partial charge is 0.457 e. The van der Waals surface area contributed by atoms with Crippen LogP contribution < -0.4 is 4.74 Å². The molecule has 6 heteroatoms. The molecule has 5 aromatic carbocycles. The van der Waals surface area contributed by atoms with Crippen molar-refractivity contribution in [2.24, 2.45) is 0 Å². The summed E-state index contributed by atoms with van der Waals surface area (Å²) in [7, 11) is 0. The normalized spacial score (nSPS) is 11.8. The standard InChI is InChI=1S/C44H37N5O/c1-26-18-28(3)43-38(20-26)39-21-27(2)19-29(4)44(39)47(43)32-16-17-45-42(24-32)48-40-13-8-7-12-36(40)37-15-14-35(25-41(37)48)50-34-11-9-10-33(23-34)49-31(6)22-30(5)46-49/h7-25H,1-6H3. The second kappa shape index (κ2) is 11.2. The Bertz CT molecular complexity index is 2750. The number of aryl methyl sites for hydroxylation is 6. The second-order valence-corrected chi connectivity index (χ2v) is 13.6. The smallest absolute Gasteiger partial charge is 0.139 e.